The van der Waals surface area contributed by atoms with Gasteiger partial charge in [-0.1, -0.05) is 6.07 Å². The molecular formula is C17H21N5O3S. The number of anilines is 1. The first-order chi connectivity index (χ1) is 12.6. The van der Waals surface area contributed by atoms with Gasteiger partial charge >= 0.3 is 12.1 Å². The van der Waals surface area contributed by atoms with Crippen molar-refractivity contribution in [1.82, 2.24) is 20.0 Å². The number of hydrogen-bond donors (Lipinski definition) is 2. The number of urea groups is 1. The second kappa shape index (κ2) is 6.99. The molecule has 2 fully saturated rings. The van der Waals surface area contributed by atoms with Crippen LogP contribution in [0.15, 0.2) is 29.8 Å². The van der Waals surface area contributed by atoms with E-state index in [-0.39, 0.29) is 12.1 Å². The highest BCUT2D eigenvalue weighted by Crippen LogP contribution is 2.29. The molecule has 2 aliphatic rings. The fourth-order valence-electron chi connectivity index (χ4n) is 3.46. The summed E-state index contributed by atoms with van der Waals surface area (Å²) >= 11 is 1.66. The Labute approximate surface area is 155 Å². The molecule has 2 saturated heterocycles. The predicted octanol–water partition coefficient (Wildman–Crippen LogP) is 2.49. The van der Waals surface area contributed by atoms with Gasteiger partial charge in [0.2, 0.25) is 0 Å². The van der Waals surface area contributed by atoms with Gasteiger partial charge in [0, 0.05) is 30.5 Å². The van der Waals surface area contributed by atoms with Gasteiger partial charge in [0.25, 0.3) is 0 Å². The number of hydrogen-bond acceptors (Lipinski definition) is 5. The molecule has 3 amide bonds. The normalized spacial score (nSPS) is 22.8. The molecule has 1 spiro atoms. The van der Waals surface area contributed by atoms with Crippen LogP contribution in [0.3, 0.4) is 0 Å². The molecule has 0 bridgehead atoms. The topological polar surface area (TPSA) is 88.5 Å². The summed E-state index contributed by atoms with van der Waals surface area (Å²) in [4.78, 5) is 27.0. The van der Waals surface area contributed by atoms with Crippen LogP contribution in [0.25, 0.3) is 0 Å². The number of nitrogens with one attached hydrogen (secondary N) is 2. The first-order valence-electron chi connectivity index (χ1n) is 8.71. The molecule has 138 valence electrons. The average molecular weight is 375 g/mol. The van der Waals surface area contributed by atoms with Crippen molar-refractivity contribution in [2.45, 2.75) is 31.4 Å². The highest BCUT2D eigenvalue weighted by atomic mass is 32.1. The Balaban J connectivity index is 1.38. The summed E-state index contributed by atoms with van der Waals surface area (Å²) in [6, 6.07) is 5.70. The Hall–Kier alpha value is -2.55. The van der Waals surface area contributed by atoms with Gasteiger partial charge in [0.1, 0.15) is 11.4 Å². The lowest BCUT2D eigenvalue weighted by Gasteiger charge is -2.25. The molecule has 8 nitrogen and oxygen atoms in total. The minimum atomic E-state index is -0.465. The molecule has 0 radical (unpaired) electrons. The van der Waals surface area contributed by atoms with E-state index in [1.165, 1.54) is 4.88 Å². The van der Waals surface area contributed by atoms with E-state index in [0.717, 1.165) is 12.8 Å². The van der Waals surface area contributed by atoms with Gasteiger partial charge in [-0.3, -0.25) is 5.32 Å². The third-order valence-corrected chi connectivity index (χ3v) is 5.75. The summed E-state index contributed by atoms with van der Waals surface area (Å²) in [5.41, 5.74) is -0.465. The van der Waals surface area contributed by atoms with Crippen LogP contribution in [-0.2, 0) is 11.3 Å². The lowest BCUT2D eigenvalue weighted by atomic mass is 9.95. The minimum absolute atomic E-state index is 0.146. The number of nitrogens with zero attached hydrogens (tertiary/aromatic N) is 3. The third kappa shape index (κ3) is 3.52. The van der Waals surface area contributed by atoms with Crippen molar-refractivity contribution in [2.24, 2.45) is 0 Å². The van der Waals surface area contributed by atoms with Gasteiger partial charge in [-0.05, 0) is 24.3 Å². The van der Waals surface area contributed by atoms with E-state index < -0.39 is 5.60 Å². The van der Waals surface area contributed by atoms with Crippen LogP contribution in [0.4, 0.5) is 15.4 Å². The average Bonchev–Trinajstić information content (AvgIpc) is 3.32. The molecule has 2 N–H and O–H groups in total. The number of ether oxygens (including phenoxy) is 1. The summed E-state index contributed by atoms with van der Waals surface area (Å²) in [6.07, 6.45) is 3.54. The number of alkyl carbamates (subject to hydrolysis) is 1. The van der Waals surface area contributed by atoms with Crippen molar-refractivity contribution in [3.63, 3.8) is 0 Å². The van der Waals surface area contributed by atoms with E-state index in [9.17, 15) is 9.59 Å². The summed E-state index contributed by atoms with van der Waals surface area (Å²) < 4.78 is 7.24. The number of aromatic nitrogens is 2. The largest absolute Gasteiger partial charge is 0.441 e. The lowest BCUT2D eigenvalue weighted by molar-refractivity contribution is 0.0454. The molecule has 4 heterocycles. The van der Waals surface area contributed by atoms with Crippen molar-refractivity contribution in [2.75, 3.05) is 25.0 Å². The number of carbonyl (C=O) groups excluding carboxylic acids is 2. The van der Waals surface area contributed by atoms with Crippen molar-refractivity contribution in [3.05, 3.63) is 34.7 Å². The molecule has 0 aromatic carbocycles. The molecule has 26 heavy (non-hydrogen) atoms. The van der Waals surface area contributed by atoms with Crippen molar-refractivity contribution >= 4 is 29.3 Å². The van der Waals surface area contributed by atoms with Gasteiger partial charge < -0.3 is 15.0 Å². The van der Waals surface area contributed by atoms with Crippen molar-refractivity contribution in [1.29, 1.82) is 0 Å². The molecule has 4 rings (SSSR count). The zero-order chi connectivity index (χ0) is 18.0. The molecule has 2 aliphatic heterocycles. The van der Waals surface area contributed by atoms with Crippen LogP contribution in [0.5, 0.6) is 0 Å². The summed E-state index contributed by atoms with van der Waals surface area (Å²) in [7, 11) is 0. The van der Waals surface area contributed by atoms with Crippen molar-refractivity contribution < 1.29 is 14.3 Å². The molecule has 2 aromatic heterocycles. The van der Waals surface area contributed by atoms with Gasteiger partial charge in [-0.15, -0.1) is 11.3 Å². The van der Waals surface area contributed by atoms with E-state index in [0.29, 0.717) is 38.4 Å². The van der Waals surface area contributed by atoms with Crippen LogP contribution in [0.2, 0.25) is 0 Å². The minimum Gasteiger partial charge on any atom is -0.441 e. The summed E-state index contributed by atoms with van der Waals surface area (Å²) in [5, 5.41) is 12.0. The number of rotatable bonds is 3. The van der Waals surface area contributed by atoms with Gasteiger partial charge in [-0.25, -0.2) is 14.3 Å². The first-order valence-corrected chi connectivity index (χ1v) is 9.59. The Morgan fingerprint density at radius 2 is 2.31 bits per heavy atom. The monoisotopic (exact) mass is 375 g/mol. The Bertz CT molecular complexity index is 790. The lowest BCUT2D eigenvalue weighted by Crippen LogP contribution is -2.38. The van der Waals surface area contributed by atoms with Crippen molar-refractivity contribution in [3.8, 4) is 0 Å². The highest BCUT2D eigenvalue weighted by Gasteiger charge is 2.41. The molecule has 2 aromatic rings. The standard InChI is InChI=1S/C17H21N5O3S/c23-15(20-14-4-7-19-22(14)11-13-3-1-10-26-13)21-8-2-5-17(6-9-21)12-18-16(24)25-17/h1,3-4,7,10H,2,5-6,8-9,11-12H2,(H,18,24)(H,20,23)/t17-/m1/s1. The predicted molar refractivity (Wildman–Crippen MR) is 97.3 cm³/mol. The van der Waals surface area contributed by atoms with E-state index in [4.69, 9.17) is 4.74 Å². The SMILES string of the molecule is O=C1NC[C@]2(CCCN(C(=O)Nc3ccnn3Cc3cccs3)CC2)O1. The molecule has 9 heteroatoms. The number of carbonyl (C=O) groups is 2. The second-order valence-electron chi connectivity index (χ2n) is 6.65. The van der Waals surface area contributed by atoms with Gasteiger partial charge in [-0.2, -0.15) is 5.10 Å². The van der Waals surface area contributed by atoms with Gasteiger partial charge in [0.05, 0.1) is 19.3 Å². The zero-order valence-corrected chi connectivity index (χ0v) is 15.1. The maximum atomic E-state index is 12.7. The zero-order valence-electron chi connectivity index (χ0n) is 14.3. The van der Waals surface area contributed by atoms with Crippen LogP contribution in [0, 0.1) is 0 Å². The molecular weight excluding hydrogens is 354 g/mol. The fourth-order valence-corrected chi connectivity index (χ4v) is 4.14. The number of likely N-dealkylation sites (tertiary alicyclic amines) is 1. The first kappa shape index (κ1) is 16.9. The Morgan fingerprint density at radius 1 is 1.38 bits per heavy atom. The summed E-state index contributed by atoms with van der Waals surface area (Å²) in [5.74, 6) is 0.677. The van der Waals surface area contributed by atoms with E-state index in [1.54, 1.807) is 33.2 Å². The Morgan fingerprint density at radius 3 is 3.08 bits per heavy atom. The van der Waals surface area contributed by atoms with Crippen LogP contribution < -0.4 is 10.6 Å². The highest BCUT2D eigenvalue weighted by molar-refractivity contribution is 7.09. The van der Waals surface area contributed by atoms with E-state index in [1.807, 2.05) is 17.5 Å². The second-order valence-corrected chi connectivity index (χ2v) is 7.68. The van der Waals surface area contributed by atoms with Crippen LogP contribution >= 0.6 is 11.3 Å². The smallest absolute Gasteiger partial charge is 0.407 e. The number of thiophene rings is 1. The van der Waals surface area contributed by atoms with Gasteiger partial charge in [0.15, 0.2) is 0 Å². The summed E-state index contributed by atoms with van der Waals surface area (Å²) in [6.45, 7) is 2.35. The molecule has 0 saturated carbocycles. The Kier molecular flexibility index (Phi) is 4.54. The van der Waals surface area contributed by atoms with Crippen LogP contribution in [0.1, 0.15) is 24.1 Å². The maximum Gasteiger partial charge on any atom is 0.407 e. The fraction of sp³-hybridized carbons (Fsp3) is 0.471. The number of amides is 3. The quantitative estimate of drug-likeness (QED) is 0.863. The van der Waals surface area contributed by atoms with E-state index in [2.05, 4.69) is 15.7 Å². The van der Waals surface area contributed by atoms with E-state index >= 15 is 0 Å². The molecule has 0 unspecified atom stereocenters. The third-order valence-electron chi connectivity index (χ3n) is 4.89. The molecule has 1 atom stereocenters. The van der Waals surface area contributed by atoms with Crippen LogP contribution in [-0.4, -0.2) is 52.0 Å². The maximum absolute atomic E-state index is 12.7. The molecule has 0 aliphatic carbocycles.